The summed E-state index contributed by atoms with van der Waals surface area (Å²) in [5, 5.41) is 4.38. The summed E-state index contributed by atoms with van der Waals surface area (Å²) in [6.07, 6.45) is 3.98. The second kappa shape index (κ2) is 7.30. The van der Waals surface area contributed by atoms with Gasteiger partial charge in [-0.25, -0.2) is 0 Å². The second-order valence-corrected chi connectivity index (χ2v) is 6.98. The first-order chi connectivity index (χ1) is 11.9. The fourth-order valence-electron chi connectivity index (χ4n) is 3.28. The number of fused-ring (bicyclic) bond motifs is 1. The molecular formula is C19H21N3OS. The van der Waals surface area contributed by atoms with E-state index in [0.717, 1.165) is 25.3 Å². The number of pyridine rings is 1. The van der Waals surface area contributed by atoms with Gasteiger partial charge in [0.2, 0.25) is 0 Å². The van der Waals surface area contributed by atoms with E-state index in [1.165, 1.54) is 11.3 Å². The number of ether oxygens (including phenoxy) is 1. The van der Waals surface area contributed by atoms with Crippen LogP contribution in [-0.2, 0) is 24.4 Å². The van der Waals surface area contributed by atoms with Crippen molar-refractivity contribution in [3.05, 3.63) is 76.5 Å². The van der Waals surface area contributed by atoms with Crippen molar-refractivity contribution in [3.63, 3.8) is 0 Å². The van der Waals surface area contributed by atoms with Gasteiger partial charge in [-0.1, -0.05) is 6.07 Å². The molecule has 3 aromatic rings. The van der Waals surface area contributed by atoms with E-state index in [-0.39, 0.29) is 0 Å². The molecule has 1 atom stereocenters. The topological polar surface area (TPSA) is 30.3 Å². The molecule has 4 rings (SSSR count). The van der Waals surface area contributed by atoms with Crippen LogP contribution in [0.5, 0.6) is 0 Å². The second-order valence-electron chi connectivity index (χ2n) is 6.20. The molecule has 24 heavy (non-hydrogen) atoms. The fourth-order valence-corrected chi connectivity index (χ4v) is 3.94. The predicted molar refractivity (Wildman–Crippen MR) is 95.8 cm³/mol. The van der Waals surface area contributed by atoms with E-state index < -0.39 is 0 Å². The molecule has 0 unspecified atom stereocenters. The van der Waals surface area contributed by atoms with E-state index in [9.17, 15) is 0 Å². The first-order valence-electron chi connectivity index (χ1n) is 8.25. The average Bonchev–Trinajstić information content (AvgIpc) is 3.27. The minimum Gasteiger partial charge on any atom is -0.373 e. The Hall–Kier alpha value is -1.95. The van der Waals surface area contributed by atoms with Gasteiger partial charge in [-0.2, -0.15) is 11.3 Å². The van der Waals surface area contributed by atoms with Crippen molar-refractivity contribution in [1.82, 2.24) is 14.5 Å². The minimum atomic E-state index is 0.353. The summed E-state index contributed by atoms with van der Waals surface area (Å²) < 4.78 is 8.32. The van der Waals surface area contributed by atoms with Gasteiger partial charge >= 0.3 is 0 Å². The number of aromatic nitrogens is 2. The van der Waals surface area contributed by atoms with Crippen molar-refractivity contribution >= 4 is 11.3 Å². The van der Waals surface area contributed by atoms with E-state index in [1.807, 2.05) is 24.4 Å². The molecule has 0 spiro atoms. The van der Waals surface area contributed by atoms with Gasteiger partial charge in [0.15, 0.2) is 0 Å². The molecule has 0 radical (unpaired) electrons. The number of rotatable bonds is 6. The Morgan fingerprint density at radius 2 is 2.21 bits per heavy atom. The van der Waals surface area contributed by atoms with Crippen molar-refractivity contribution in [2.24, 2.45) is 0 Å². The van der Waals surface area contributed by atoms with E-state index in [0.29, 0.717) is 19.3 Å². The molecule has 0 amide bonds. The highest BCUT2D eigenvalue weighted by molar-refractivity contribution is 7.07. The maximum Gasteiger partial charge on any atom is 0.0888 e. The van der Waals surface area contributed by atoms with Crippen molar-refractivity contribution < 1.29 is 4.74 Å². The molecule has 0 fully saturated rings. The zero-order valence-electron chi connectivity index (χ0n) is 13.5. The normalized spacial score (nSPS) is 17.8. The number of thiophene rings is 1. The highest BCUT2D eigenvalue weighted by atomic mass is 32.1. The SMILES string of the molecule is c1ccc(COC[C@@H]2CN(Cc3ccsc3)Cc3cccn32)nc1. The van der Waals surface area contributed by atoms with Gasteiger partial charge < -0.3 is 9.30 Å². The van der Waals surface area contributed by atoms with Crippen LogP contribution in [0, 0.1) is 0 Å². The van der Waals surface area contributed by atoms with Crippen LogP contribution in [0.15, 0.2) is 59.6 Å². The number of nitrogens with zero attached hydrogens (tertiary/aromatic N) is 3. The third-order valence-corrected chi connectivity index (χ3v) is 5.12. The minimum absolute atomic E-state index is 0.353. The Morgan fingerprint density at radius 3 is 3.04 bits per heavy atom. The van der Waals surface area contributed by atoms with E-state index in [1.54, 1.807) is 11.3 Å². The van der Waals surface area contributed by atoms with Crippen molar-refractivity contribution in [3.8, 4) is 0 Å². The monoisotopic (exact) mass is 339 g/mol. The zero-order chi connectivity index (χ0) is 16.2. The van der Waals surface area contributed by atoms with Gasteiger partial charge in [-0.3, -0.25) is 9.88 Å². The van der Waals surface area contributed by atoms with E-state index in [2.05, 4.69) is 49.6 Å². The lowest BCUT2D eigenvalue weighted by Crippen LogP contribution is -2.38. The molecule has 5 heteroatoms. The lowest BCUT2D eigenvalue weighted by atomic mass is 10.1. The molecule has 3 aromatic heterocycles. The number of hydrogen-bond acceptors (Lipinski definition) is 4. The van der Waals surface area contributed by atoms with E-state index in [4.69, 9.17) is 4.74 Å². The summed E-state index contributed by atoms with van der Waals surface area (Å²) in [5.74, 6) is 0. The maximum absolute atomic E-state index is 5.96. The van der Waals surface area contributed by atoms with Gasteiger partial charge in [-0.15, -0.1) is 0 Å². The molecule has 0 N–H and O–H groups in total. The molecule has 1 aliphatic heterocycles. The summed E-state index contributed by atoms with van der Waals surface area (Å²) in [7, 11) is 0. The van der Waals surface area contributed by atoms with Gasteiger partial charge in [0.05, 0.1) is 24.9 Å². The molecule has 0 saturated carbocycles. The van der Waals surface area contributed by atoms with Crippen LogP contribution < -0.4 is 0 Å². The summed E-state index contributed by atoms with van der Waals surface area (Å²) in [4.78, 5) is 6.83. The molecule has 1 aliphatic rings. The van der Waals surface area contributed by atoms with Crippen LogP contribution in [0.25, 0.3) is 0 Å². The molecule has 0 bridgehead atoms. The van der Waals surface area contributed by atoms with E-state index >= 15 is 0 Å². The molecule has 0 aliphatic carbocycles. The van der Waals surface area contributed by atoms with Gasteiger partial charge in [0.25, 0.3) is 0 Å². The molecule has 0 aromatic carbocycles. The molecule has 124 valence electrons. The molecule has 4 nitrogen and oxygen atoms in total. The predicted octanol–water partition coefficient (Wildman–Crippen LogP) is 3.72. The lowest BCUT2D eigenvalue weighted by molar-refractivity contribution is 0.0574. The first kappa shape index (κ1) is 15.6. The van der Waals surface area contributed by atoms with Crippen LogP contribution in [0.3, 0.4) is 0 Å². The maximum atomic E-state index is 5.96. The van der Waals surface area contributed by atoms with Crippen LogP contribution in [0.2, 0.25) is 0 Å². The third-order valence-electron chi connectivity index (χ3n) is 4.39. The largest absolute Gasteiger partial charge is 0.373 e. The van der Waals surface area contributed by atoms with Gasteiger partial charge in [0, 0.05) is 37.7 Å². The van der Waals surface area contributed by atoms with Crippen LogP contribution in [-0.4, -0.2) is 27.6 Å². The van der Waals surface area contributed by atoms with Crippen molar-refractivity contribution in [2.45, 2.75) is 25.7 Å². The summed E-state index contributed by atoms with van der Waals surface area (Å²) >= 11 is 1.76. The van der Waals surface area contributed by atoms with Gasteiger partial charge in [-0.05, 0) is 46.7 Å². The molecule has 4 heterocycles. The Bertz CT molecular complexity index is 754. The Balaban J connectivity index is 1.40. The van der Waals surface area contributed by atoms with Crippen LogP contribution in [0.4, 0.5) is 0 Å². The Morgan fingerprint density at radius 1 is 1.21 bits per heavy atom. The smallest absolute Gasteiger partial charge is 0.0888 e. The van der Waals surface area contributed by atoms with Gasteiger partial charge in [0.1, 0.15) is 0 Å². The summed E-state index contributed by atoms with van der Waals surface area (Å²) in [6.45, 7) is 4.29. The fraction of sp³-hybridized carbons (Fsp3) is 0.316. The van der Waals surface area contributed by atoms with Crippen LogP contribution >= 0.6 is 11.3 Å². The Labute approximate surface area is 146 Å². The molecule has 0 saturated heterocycles. The third kappa shape index (κ3) is 3.59. The average molecular weight is 339 g/mol. The highest BCUT2D eigenvalue weighted by Crippen LogP contribution is 2.24. The standard InChI is InChI=1S/C19H21N3OS/c1-2-7-20-17(4-1)13-23-14-19-12-21(10-16-6-9-24-15-16)11-18-5-3-8-22(18)19/h1-9,15,19H,10-14H2/t19-/m0/s1. The van der Waals surface area contributed by atoms with Crippen molar-refractivity contribution in [2.75, 3.05) is 13.2 Å². The first-order valence-corrected chi connectivity index (χ1v) is 9.19. The van der Waals surface area contributed by atoms with Crippen LogP contribution in [0.1, 0.15) is 23.0 Å². The Kier molecular flexibility index (Phi) is 4.74. The number of hydrogen-bond donors (Lipinski definition) is 0. The van der Waals surface area contributed by atoms with Crippen molar-refractivity contribution in [1.29, 1.82) is 0 Å². The zero-order valence-corrected chi connectivity index (χ0v) is 14.4. The summed E-state index contributed by atoms with van der Waals surface area (Å²) in [5.41, 5.74) is 3.74. The highest BCUT2D eigenvalue weighted by Gasteiger charge is 2.24. The quantitative estimate of drug-likeness (QED) is 0.686. The molecular weight excluding hydrogens is 318 g/mol. The lowest BCUT2D eigenvalue weighted by Gasteiger charge is -2.34. The summed E-state index contributed by atoms with van der Waals surface area (Å²) in [6, 6.07) is 12.8.